The average Bonchev–Trinajstić information content (AvgIpc) is 2.54. The molecule has 1 aromatic carbocycles. The van der Waals surface area contributed by atoms with Crippen molar-refractivity contribution < 1.29 is 19.1 Å². The largest absolute Gasteiger partial charge is 0.497 e. The van der Waals surface area contributed by atoms with Gasteiger partial charge in [-0.2, -0.15) is 0 Å². The number of anilines is 1. The average molecular weight is 301 g/mol. The lowest BCUT2D eigenvalue weighted by atomic mass is 10.1. The van der Waals surface area contributed by atoms with E-state index in [1.807, 2.05) is 0 Å². The lowest BCUT2D eigenvalue weighted by Crippen LogP contribution is -2.17. The minimum Gasteiger partial charge on any atom is -0.497 e. The van der Waals surface area contributed by atoms with Crippen molar-refractivity contribution in [3.8, 4) is 5.75 Å². The maximum atomic E-state index is 12.2. The first-order chi connectivity index (χ1) is 10.5. The molecule has 0 atom stereocenters. The summed E-state index contributed by atoms with van der Waals surface area (Å²) in [5.41, 5.74) is 0.717. The Labute approximate surface area is 127 Å². The Kier molecular flexibility index (Phi) is 4.67. The van der Waals surface area contributed by atoms with E-state index >= 15 is 0 Å². The van der Waals surface area contributed by atoms with E-state index < -0.39 is 11.9 Å². The fourth-order valence-electron chi connectivity index (χ4n) is 1.81. The molecule has 7 heteroatoms. The molecule has 0 saturated heterocycles. The Balaban J connectivity index is 2.32. The summed E-state index contributed by atoms with van der Waals surface area (Å²) in [5.74, 6) is -0.0549. The van der Waals surface area contributed by atoms with Crippen LogP contribution in [0.4, 0.5) is 5.69 Å². The van der Waals surface area contributed by atoms with Crippen LogP contribution < -0.4 is 10.1 Å². The van der Waals surface area contributed by atoms with Gasteiger partial charge < -0.3 is 14.8 Å². The number of hydrogen-bond acceptors (Lipinski definition) is 6. The number of benzene rings is 1. The fourth-order valence-corrected chi connectivity index (χ4v) is 1.81. The van der Waals surface area contributed by atoms with E-state index in [-0.39, 0.29) is 11.3 Å². The van der Waals surface area contributed by atoms with Crippen molar-refractivity contribution in [1.29, 1.82) is 0 Å². The number of carbonyl (C=O) groups excluding carboxylic acids is 2. The molecule has 0 radical (unpaired) electrons. The minimum absolute atomic E-state index is 0.195. The highest BCUT2D eigenvalue weighted by atomic mass is 16.5. The standard InChI is InChI=1S/C15H15N3O4/c1-9-16-7-6-13(17-9)14(19)18-12-5-4-10(21-2)8-11(12)15(20)22-3/h4-8H,1-3H3,(H,18,19). The normalized spacial score (nSPS) is 9.95. The topological polar surface area (TPSA) is 90.4 Å². The van der Waals surface area contributed by atoms with Crippen LogP contribution in [-0.2, 0) is 4.74 Å². The van der Waals surface area contributed by atoms with E-state index in [0.717, 1.165) is 0 Å². The summed E-state index contributed by atoms with van der Waals surface area (Å²) in [5, 5.41) is 2.63. The smallest absolute Gasteiger partial charge is 0.340 e. The molecule has 0 bridgehead atoms. The predicted molar refractivity (Wildman–Crippen MR) is 79.1 cm³/mol. The number of nitrogens with one attached hydrogen (secondary N) is 1. The van der Waals surface area contributed by atoms with E-state index in [0.29, 0.717) is 17.3 Å². The van der Waals surface area contributed by atoms with Gasteiger partial charge in [-0.3, -0.25) is 4.79 Å². The summed E-state index contributed by atoms with van der Waals surface area (Å²) in [7, 11) is 2.75. The highest BCUT2D eigenvalue weighted by Crippen LogP contribution is 2.23. The number of methoxy groups -OCH3 is 2. The number of nitrogens with zero attached hydrogens (tertiary/aromatic N) is 2. The number of amides is 1. The maximum absolute atomic E-state index is 12.2. The molecule has 1 heterocycles. The molecule has 1 N–H and O–H groups in total. The molecule has 22 heavy (non-hydrogen) atoms. The molecule has 0 unspecified atom stereocenters. The van der Waals surface area contributed by atoms with Gasteiger partial charge in [0.05, 0.1) is 25.5 Å². The van der Waals surface area contributed by atoms with Gasteiger partial charge in [0, 0.05) is 6.20 Å². The third-order valence-corrected chi connectivity index (χ3v) is 2.89. The van der Waals surface area contributed by atoms with Gasteiger partial charge in [0.2, 0.25) is 0 Å². The number of rotatable bonds is 4. The Morgan fingerprint density at radius 1 is 1.18 bits per heavy atom. The summed E-state index contributed by atoms with van der Waals surface area (Å²) in [6.45, 7) is 1.68. The zero-order valence-corrected chi connectivity index (χ0v) is 12.4. The molecular formula is C15H15N3O4. The van der Waals surface area contributed by atoms with E-state index in [1.165, 1.54) is 32.5 Å². The second kappa shape index (κ2) is 6.66. The Bertz CT molecular complexity index is 716. The van der Waals surface area contributed by atoms with E-state index in [9.17, 15) is 9.59 Å². The molecule has 0 aliphatic heterocycles. The molecule has 0 aliphatic rings. The summed E-state index contributed by atoms with van der Waals surface area (Å²) < 4.78 is 9.78. The van der Waals surface area contributed by atoms with Crippen LogP contribution in [0.3, 0.4) is 0 Å². The van der Waals surface area contributed by atoms with Gasteiger partial charge in [-0.1, -0.05) is 0 Å². The van der Waals surface area contributed by atoms with Gasteiger partial charge in [0.25, 0.3) is 5.91 Å². The van der Waals surface area contributed by atoms with Crippen LogP contribution in [0, 0.1) is 6.92 Å². The van der Waals surface area contributed by atoms with Crippen molar-refractivity contribution in [2.75, 3.05) is 19.5 Å². The monoisotopic (exact) mass is 301 g/mol. The highest BCUT2D eigenvalue weighted by Gasteiger charge is 2.16. The molecule has 0 fully saturated rings. The zero-order chi connectivity index (χ0) is 16.1. The first-order valence-electron chi connectivity index (χ1n) is 6.42. The Hall–Kier alpha value is -2.96. The van der Waals surface area contributed by atoms with E-state index in [4.69, 9.17) is 9.47 Å². The van der Waals surface area contributed by atoms with Crippen LogP contribution in [0.5, 0.6) is 5.75 Å². The number of ether oxygens (including phenoxy) is 2. The van der Waals surface area contributed by atoms with Gasteiger partial charge in [-0.25, -0.2) is 14.8 Å². The van der Waals surface area contributed by atoms with E-state index in [2.05, 4.69) is 15.3 Å². The lowest BCUT2D eigenvalue weighted by Gasteiger charge is -2.11. The second-order valence-electron chi connectivity index (χ2n) is 4.35. The number of esters is 1. The van der Waals surface area contributed by atoms with Crippen LogP contribution in [-0.4, -0.2) is 36.1 Å². The van der Waals surface area contributed by atoms with Gasteiger partial charge in [-0.05, 0) is 31.2 Å². The minimum atomic E-state index is -0.576. The molecule has 2 aromatic rings. The number of hydrogen-bond donors (Lipinski definition) is 1. The SMILES string of the molecule is COC(=O)c1cc(OC)ccc1NC(=O)c1ccnc(C)n1. The van der Waals surface area contributed by atoms with Gasteiger partial charge in [0.15, 0.2) is 0 Å². The van der Waals surface area contributed by atoms with Crippen molar-refractivity contribution in [3.63, 3.8) is 0 Å². The zero-order valence-electron chi connectivity index (χ0n) is 12.4. The van der Waals surface area contributed by atoms with Crippen molar-refractivity contribution in [2.45, 2.75) is 6.92 Å². The van der Waals surface area contributed by atoms with Crippen LogP contribution >= 0.6 is 0 Å². The molecule has 0 saturated carbocycles. The summed E-state index contributed by atoms with van der Waals surface area (Å²) in [6, 6.07) is 6.18. The molecule has 1 amide bonds. The number of aryl methyl sites for hydroxylation is 1. The summed E-state index contributed by atoms with van der Waals surface area (Å²) >= 11 is 0. The van der Waals surface area contributed by atoms with E-state index in [1.54, 1.807) is 19.1 Å². The Morgan fingerprint density at radius 3 is 2.59 bits per heavy atom. The summed E-state index contributed by atoms with van der Waals surface area (Å²) in [6.07, 6.45) is 1.49. The fraction of sp³-hybridized carbons (Fsp3) is 0.200. The maximum Gasteiger partial charge on any atom is 0.340 e. The van der Waals surface area contributed by atoms with Crippen LogP contribution in [0.2, 0.25) is 0 Å². The van der Waals surface area contributed by atoms with Crippen molar-refractivity contribution in [2.24, 2.45) is 0 Å². The first-order valence-corrected chi connectivity index (χ1v) is 6.42. The molecule has 7 nitrogen and oxygen atoms in total. The molecule has 1 aromatic heterocycles. The first kappa shape index (κ1) is 15.4. The third-order valence-electron chi connectivity index (χ3n) is 2.89. The Morgan fingerprint density at radius 2 is 1.95 bits per heavy atom. The van der Waals surface area contributed by atoms with Gasteiger partial charge in [-0.15, -0.1) is 0 Å². The highest BCUT2D eigenvalue weighted by molar-refractivity contribution is 6.07. The summed E-state index contributed by atoms with van der Waals surface area (Å²) in [4.78, 5) is 32.0. The van der Waals surface area contributed by atoms with Crippen LogP contribution in [0.25, 0.3) is 0 Å². The van der Waals surface area contributed by atoms with Gasteiger partial charge >= 0.3 is 5.97 Å². The van der Waals surface area contributed by atoms with Crippen molar-refractivity contribution >= 4 is 17.6 Å². The number of carbonyl (C=O) groups is 2. The number of aromatic nitrogens is 2. The van der Waals surface area contributed by atoms with Crippen LogP contribution in [0.1, 0.15) is 26.7 Å². The third kappa shape index (κ3) is 3.38. The molecule has 0 aliphatic carbocycles. The quantitative estimate of drug-likeness (QED) is 0.866. The van der Waals surface area contributed by atoms with Crippen LogP contribution in [0.15, 0.2) is 30.5 Å². The molecular weight excluding hydrogens is 286 g/mol. The molecule has 114 valence electrons. The van der Waals surface area contributed by atoms with Gasteiger partial charge in [0.1, 0.15) is 17.3 Å². The van der Waals surface area contributed by atoms with Crippen molar-refractivity contribution in [3.05, 3.63) is 47.5 Å². The second-order valence-corrected chi connectivity index (χ2v) is 4.35. The lowest BCUT2D eigenvalue weighted by molar-refractivity contribution is 0.0601. The molecule has 0 spiro atoms. The van der Waals surface area contributed by atoms with Crippen molar-refractivity contribution in [1.82, 2.24) is 9.97 Å². The predicted octanol–water partition coefficient (Wildman–Crippen LogP) is 1.83. The molecule has 2 rings (SSSR count).